The van der Waals surface area contributed by atoms with Crippen LogP contribution in [0.4, 0.5) is 0 Å². The molecule has 0 aliphatic rings. The average Bonchev–Trinajstić information content (AvgIpc) is 2.14. The lowest BCUT2D eigenvalue weighted by molar-refractivity contribution is 0.120. The number of aryl methyl sites for hydroxylation is 1. The molecule has 0 unspecified atom stereocenters. The third-order valence-corrected chi connectivity index (χ3v) is 2.71. The fraction of sp³-hybridized carbons (Fsp3) is 0.333. The Morgan fingerprint density at radius 1 is 1.54 bits per heavy atom. The van der Waals surface area contributed by atoms with Crippen LogP contribution in [-0.2, 0) is 11.4 Å². The van der Waals surface area contributed by atoms with Crippen molar-refractivity contribution in [2.45, 2.75) is 18.4 Å². The summed E-state index contributed by atoms with van der Waals surface area (Å²) in [5.41, 5.74) is 1.60. The van der Waals surface area contributed by atoms with Crippen LogP contribution in [0.5, 0.6) is 5.75 Å². The number of hydrogen-bond donors (Lipinski definition) is 2. The largest absolute Gasteiger partial charge is 0.507 e. The average molecular weight is 199 g/mol. The first-order valence-electron chi connectivity index (χ1n) is 3.87. The second kappa shape index (κ2) is 4.50. The molecular weight excluding hydrogens is 186 g/mol. The quantitative estimate of drug-likeness (QED) is 0.576. The van der Waals surface area contributed by atoms with E-state index in [0.717, 1.165) is 16.0 Å². The van der Waals surface area contributed by atoms with Crippen molar-refractivity contribution in [2.75, 3.05) is 6.26 Å². The summed E-state index contributed by atoms with van der Waals surface area (Å²) in [6, 6.07) is 3.83. The van der Waals surface area contributed by atoms with Gasteiger partial charge in [-0.25, -0.2) is 5.90 Å². The number of phenols is 1. The van der Waals surface area contributed by atoms with Gasteiger partial charge in [0.2, 0.25) is 0 Å². The summed E-state index contributed by atoms with van der Waals surface area (Å²) in [7, 11) is 0. The molecule has 13 heavy (non-hydrogen) atoms. The van der Waals surface area contributed by atoms with Gasteiger partial charge < -0.3 is 5.11 Å². The van der Waals surface area contributed by atoms with E-state index in [0.29, 0.717) is 0 Å². The van der Waals surface area contributed by atoms with Crippen LogP contribution < -0.4 is 5.90 Å². The van der Waals surface area contributed by atoms with Crippen molar-refractivity contribution in [3.63, 3.8) is 0 Å². The van der Waals surface area contributed by atoms with Crippen molar-refractivity contribution >= 4 is 11.8 Å². The van der Waals surface area contributed by atoms with Gasteiger partial charge >= 0.3 is 0 Å². The Labute approximate surface area is 81.9 Å². The van der Waals surface area contributed by atoms with Gasteiger partial charge in [-0.15, -0.1) is 11.8 Å². The smallest absolute Gasteiger partial charge is 0.125 e. The van der Waals surface area contributed by atoms with E-state index in [9.17, 15) is 5.11 Å². The maximum atomic E-state index is 9.69. The van der Waals surface area contributed by atoms with E-state index in [2.05, 4.69) is 4.84 Å². The molecular formula is C9H13NO2S. The SMILES string of the molecule is CSc1ccc(C)c(O)c1CON. The molecule has 0 heterocycles. The third-order valence-electron chi connectivity index (χ3n) is 1.89. The molecule has 3 N–H and O–H groups in total. The maximum absolute atomic E-state index is 9.69. The van der Waals surface area contributed by atoms with Gasteiger partial charge in [0.1, 0.15) is 5.75 Å². The van der Waals surface area contributed by atoms with Crippen LogP contribution in [0.25, 0.3) is 0 Å². The van der Waals surface area contributed by atoms with Crippen LogP contribution in [-0.4, -0.2) is 11.4 Å². The highest BCUT2D eigenvalue weighted by molar-refractivity contribution is 7.98. The van der Waals surface area contributed by atoms with Crippen molar-refractivity contribution in [3.05, 3.63) is 23.3 Å². The van der Waals surface area contributed by atoms with Crippen LogP contribution in [0.1, 0.15) is 11.1 Å². The van der Waals surface area contributed by atoms with Gasteiger partial charge in [-0.3, -0.25) is 4.84 Å². The highest BCUT2D eigenvalue weighted by Crippen LogP contribution is 2.31. The van der Waals surface area contributed by atoms with Crippen LogP contribution in [0, 0.1) is 6.92 Å². The van der Waals surface area contributed by atoms with E-state index in [4.69, 9.17) is 5.90 Å². The van der Waals surface area contributed by atoms with Gasteiger partial charge in [-0.05, 0) is 24.8 Å². The Morgan fingerprint density at radius 2 is 2.23 bits per heavy atom. The van der Waals surface area contributed by atoms with Gasteiger partial charge in [0, 0.05) is 10.5 Å². The fourth-order valence-corrected chi connectivity index (χ4v) is 1.76. The second-order valence-corrected chi connectivity index (χ2v) is 3.57. The molecule has 0 bridgehead atoms. The Morgan fingerprint density at radius 3 is 2.77 bits per heavy atom. The van der Waals surface area contributed by atoms with Gasteiger partial charge in [-0.1, -0.05) is 6.07 Å². The minimum atomic E-state index is 0.240. The molecule has 4 heteroatoms. The van der Waals surface area contributed by atoms with E-state index >= 15 is 0 Å². The standard InChI is InChI=1S/C9H13NO2S/c1-6-3-4-8(13-2)7(5-12-10)9(6)11/h3-4,11H,5,10H2,1-2H3. The summed E-state index contributed by atoms with van der Waals surface area (Å²) < 4.78 is 0. The zero-order chi connectivity index (χ0) is 9.84. The first-order valence-corrected chi connectivity index (χ1v) is 5.10. The number of phenolic OH excluding ortho intramolecular Hbond substituents is 1. The zero-order valence-corrected chi connectivity index (χ0v) is 8.52. The molecule has 0 amide bonds. The number of aromatic hydroxyl groups is 1. The maximum Gasteiger partial charge on any atom is 0.125 e. The molecule has 0 fully saturated rings. The van der Waals surface area contributed by atoms with Crippen molar-refractivity contribution in [3.8, 4) is 5.75 Å². The zero-order valence-electron chi connectivity index (χ0n) is 7.70. The topological polar surface area (TPSA) is 55.5 Å². The fourth-order valence-electron chi connectivity index (χ4n) is 1.15. The number of hydrogen-bond acceptors (Lipinski definition) is 4. The molecule has 1 aromatic rings. The highest BCUT2D eigenvalue weighted by Gasteiger charge is 2.09. The van der Waals surface area contributed by atoms with E-state index in [-0.39, 0.29) is 12.4 Å². The monoisotopic (exact) mass is 199 g/mol. The van der Waals surface area contributed by atoms with Gasteiger partial charge in [0.25, 0.3) is 0 Å². The predicted molar refractivity (Wildman–Crippen MR) is 53.6 cm³/mol. The first-order chi connectivity index (χ1) is 6.20. The van der Waals surface area contributed by atoms with Crippen molar-refractivity contribution in [2.24, 2.45) is 5.90 Å². The summed E-state index contributed by atoms with van der Waals surface area (Å²) >= 11 is 1.56. The molecule has 0 aliphatic carbocycles. The summed E-state index contributed by atoms with van der Waals surface area (Å²) in [5, 5.41) is 9.69. The molecule has 0 saturated carbocycles. The Balaban J connectivity index is 3.15. The molecule has 0 atom stereocenters. The number of thioether (sulfide) groups is 1. The van der Waals surface area contributed by atoms with E-state index in [1.54, 1.807) is 11.8 Å². The molecule has 72 valence electrons. The lowest BCUT2D eigenvalue weighted by Gasteiger charge is -2.10. The van der Waals surface area contributed by atoms with Crippen LogP contribution >= 0.6 is 11.8 Å². The second-order valence-electron chi connectivity index (χ2n) is 2.72. The van der Waals surface area contributed by atoms with E-state index in [1.165, 1.54) is 0 Å². The highest BCUT2D eigenvalue weighted by atomic mass is 32.2. The molecule has 0 aromatic heterocycles. The van der Waals surface area contributed by atoms with E-state index < -0.39 is 0 Å². The molecule has 1 rings (SSSR count). The first kappa shape index (κ1) is 10.4. The Hall–Kier alpha value is -0.710. The van der Waals surface area contributed by atoms with Crippen LogP contribution in [0.15, 0.2) is 17.0 Å². The Bertz CT molecular complexity index is 302. The van der Waals surface area contributed by atoms with Gasteiger partial charge in [0.05, 0.1) is 6.61 Å². The molecule has 0 spiro atoms. The van der Waals surface area contributed by atoms with Crippen molar-refractivity contribution in [1.29, 1.82) is 0 Å². The summed E-state index contributed by atoms with van der Waals surface area (Å²) in [6.07, 6.45) is 1.95. The number of nitrogens with two attached hydrogens (primary N) is 1. The third kappa shape index (κ3) is 2.15. The predicted octanol–water partition coefficient (Wildman–Crippen LogP) is 1.81. The summed E-state index contributed by atoms with van der Waals surface area (Å²) in [6.45, 7) is 2.09. The molecule has 0 saturated heterocycles. The molecule has 3 nitrogen and oxygen atoms in total. The molecule has 1 aromatic carbocycles. The van der Waals surface area contributed by atoms with Crippen LogP contribution in [0.2, 0.25) is 0 Å². The Kier molecular flexibility index (Phi) is 3.59. The van der Waals surface area contributed by atoms with E-state index in [1.807, 2.05) is 25.3 Å². The van der Waals surface area contributed by atoms with Crippen LogP contribution in [0.3, 0.4) is 0 Å². The van der Waals surface area contributed by atoms with Gasteiger partial charge in [0.15, 0.2) is 0 Å². The summed E-state index contributed by atoms with van der Waals surface area (Å²) in [5.74, 6) is 5.26. The molecule has 0 radical (unpaired) electrons. The normalized spacial score (nSPS) is 10.4. The number of rotatable bonds is 3. The van der Waals surface area contributed by atoms with Gasteiger partial charge in [-0.2, -0.15) is 0 Å². The van der Waals surface area contributed by atoms with Crippen molar-refractivity contribution < 1.29 is 9.94 Å². The minimum Gasteiger partial charge on any atom is -0.507 e. The lowest BCUT2D eigenvalue weighted by atomic mass is 10.1. The molecule has 0 aliphatic heterocycles. The minimum absolute atomic E-state index is 0.240. The number of benzene rings is 1. The lowest BCUT2D eigenvalue weighted by Crippen LogP contribution is -2.01. The van der Waals surface area contributed by atoms with Crippen molar-refractivity contribution in [1.82, 2.24) is 0 Å². The summed E-state index contributed by atoms with van der Waals surface area (Å²) in [4.78, 5) is 5.53.